The van der Waals surface area contributed by atoms with Gasteiger partial charge in [0.1, 0.15) is 17.9 Å². The predicted molar refractivity (Wildman–Crippen MR) is 176 cm³/mol. The van der Waals surface area contributed by atoms with Gasteiger partial charge in [-0.15, -0.1) is 0 Å². The van der Waals surface area contributed by atoms with Gasteiger partial charge in [-0.25, -0.2) is 0 Å². The molecule has 1 aliphatic heterocycles. The van der Waals surface area contributed by atoms with Gasteiger partial charge in [0.2, 0.25) is 29.5 Å². The Morgan fingerprint density at radius 3 is 2.08 bits per heavy atom. The van der Waals surface area contributed by atoms with Crippen LogP contribution in [0, 0.1) is 17.8 Å². The second-order valence-electron chi connectivity index (χ2n) is 13.0. The van der Waals surface area contributed by atoms with Gasteiger partial charge in [0, 0.05) is 43.8 Å². The molecule has 13 heteroatoms. The average Bonchev–Trinajstić information content (AvgIpc) is 3.28. The highest BCUT2D eigenvalue weighted by Gasteiger charge is 2.54. The minimum Gasteiger partial charge on any atom is -0.368 e. The lowest BCUT2D eigenvalue weighted by molar-refractivity contribution is -0.140. The van der Waals surface area contributed by atoms with Crippen LogP contribution >= 0.6 is 0 Å². The van der Waals surface area contributed by atoms with Crippen molar-refractivity contribution >= 4 is 41.2 Å². The van der Waals surface area contributed by atoms with Gasteiger partial charge >= 0.3 is 0 Å². The van der Waals surface area contributed by atoms with Crippen molar-refractivity contribution in [2.75, 3.05) is 13.1 Å². The van der Waals surface area contributed by atoms with Gasteiger partial charge in [0.05, 0.1) is 17.9 Å². The number of amides is 6. The molecule has 2 aromatic carbocycles. The molecule has 2 fully saturated rings. The molecule has 0 bridgehead atoms. The number of hydrogen-bond acceptors (Lipinski definition) is 8. The van der Waals surface area contributed by atoms with Crippen LogP contribution in [0.5, 0.6) is 0 Å². The fourth-order valence-electron chi connectivity index (χ4n) is 6.35. The largest absolute Gasteiger partial charge is 0.368 e. The number of carbonyl (C=O) groups excluding carboxylic acids is 7. The first-order valence-electron chi connectivity index (χ1n) is 16.2. The Balaban J connectivity index is 1.49. The second-order valence-corrected chi connectivity index (χ2v) is 13.0. The summed E-state index contributed by atoms with van der Waals surface area (Å²) in [5, 5.41) is 8.06. The number of nitrogens with two attached hydrogens (primary N) is 2. The Hall–Kier alpha value is -4.91. The number of ketones is 1. The highest BCUT2D eigenvalue weighted by atomic mass is 16.2. The van der Waals surface area contributed by atoms with Gasteiger partial charge in [-0.05, 0) is 42.5 Å². The summed E-state index contributed by atoms with van der Waals surface area (Å²) < 4.78 is 0. The van der Waals surface area contributed by atoms with Crippen LogP contribution in [0.3, 0.4) is 0 Å². The molecule has 1 heterocycles. The Bertz CT molecular complexity index is 1540. The third kappa shape index (κ3) is 8.71. The summed E-state index contributed by atoms with van der Waals surface area (Å²) in [6, 6.07) is 12.9. The predicted octanol–water partition coefficient (Wildman–Crippen LogP) is 0.555. The van der Waals surface area contributed by atoms with E-state index in [9.17, 15) is 33.6 Å². The number of primary amides is 1. The van der Waals surface area contributed by atoms with E-state index >= 15 is 0 Å². The van der Waals surface area contributed by atoms with Crippen molar-refractivity contribution in [3.05, 3.63) is 71.3 Å². The van der Waals surface area contributed by atoms with Crippen LogP contribution in [0.4, 0.5) is 0 Å². The van der Waals surface area contributed by atoms with Crippen molar-refractivity contribution in [1.82, 2.24) is 20.9 Å². The maximum absolute atomic E-state index is 13.5. The number of rotatable bonds is 14. The molecule has 7 N–H and O–H groups in total. The van der Waals surface area contributed by atoms with E-state index in [-0.39, 0.29) is 49.6 Å². The SMILES string of the molecule is CC(C)C[C@H](NC(=O)[C@H](Cc1ccccc1)NC(=O)c1ccc(C2CC(=O)CC3C(=O)N(CCNC(=O)[C@H](C)N)C(=O)C32)cc1)C(N)=O. The van der Waals surface area contributed by atoms with Crippen molar-refractivity contribution < 1.29 is 33.6 Å². The normalized spacial score (nSPS) is 20.9. The van der Waals surface area contributed by atoms with E-state index in [2.05, 4.69) is 16.0 Å². The number of nitrogens with zero attached hydrogens (tertiary/aromatic N) is 1. The summed E-state index contributed by atoms with van der Waals surface area (Å²) in [7, 11) is 0. The van der Waals surface area contributed by atoms with Crippen molar-refractivity contribution in [3.8, 4) is 0 Å². The second kappa shape index (κ2) is 15.8. The lowest BCUT2D eigenvalue weighted by atomic mass is 9.70. The zero-order valence-electron chi connectivity index (χ0n) is 27.4. The van der Waals surface area contributed by atoms with Crippen LogP contribution in [0.15, 0.2) is 54.6 Å². The van der Waals surface area contributed by atoms with E-state index in [4.69, 9.17) is 11.5 Å². The van der Waals surface area contributed by atoms with Crippen LogP contribution in [-0.2, 0) is 35.2 Å². The first-order chi connectivity index (χ1) is 22.8. The number of Topliss-reactive ketones (excluding diaryl/α,β-unsaturated/α-hetero) is 1. The highest BCUT2D eigenvalue weighted by molar-refractivity contribution is 6.08. The zero-order chi connectivity index (χ0) is 35.1. The number of imide groups is 1. The van der Waals surface area contributed by atoms with Crippen LogP contribution in [-0.4, -0.2) is 77.3 Å². The summed E-state index contributed by atoms with van der Waals surface area (Å²) in [6.07, 6.45) is 0.541. The van der Waals surface area contributed by atoms with Gasteiger partial charge in [0.25, 0.3) is 5.91 Å². The monoisotopic (exact) mass is 660 g/mol. The number of fused-ring (bicyclic) bond motifs is 1. The molecule has 6 amide bonds. The number of hydrogen-bond donors (Lipinski definition) is 5. The molecule has 256 valence electrons. The van der Waals surface area contributed by atoms with E-state index in [0.717, 1.165) is 10.5 Å². The molecule has 0 aromatic heterocycles. The van der Waals surface area contributed by atoms with Crippen molar-refractivity contribution in [2.24, 2.45) is 29.2 Å². The maximum Gasteiger partial charge on any atom is 0.251 e. The van der Waals surface area contributed by atoms with E-state index in [1.54, 1.807) is 24.3 Å². The Morgan fingerprint density at radius 2 is 1.48 bits per heavy atom. The van der Waals surface area contributed by atoms with Crippen LogP contribution in [0.2, 0.25) is 0 Å². The summed E-state index contributed by atoms with van der Waals surface area (Å²) in [5.41, 5.74) is 12.8. The first kappa shape index (κ1) is 35.9. The molecule has 1 saturated heterocycles. The Kier molecular flexibility index (Phi) is 11.8. The van der Waals surface area contributed by atoms with Crippen molar-refractivity contribution in [1.29, 1.82) is 0 Å². The molecule has 6 atom stereocenters. The molecule has 48 heavy (non-hydrogen) atoms. The minimum absolute atomic E-state index is 0.0292. The fraction of sp³-hybridized carbons (Fsp3) is 0.457. The third-order valence-corrected chi connectivity index (χ3v) is 8.82. The molecule has 0 spiro atoms. The third-order valence-electron chi connectivity index (χ3n) is 8.82. The molecule has 2 aromatic rings. The number of likely N-dealkylation sites (tertiary alicyclic amines) is 1. The average molecular weight is 661 g/mol. The van der Waals surface area contributed by atoms with Gasteiger partial charge in [-0.3, -0.25) is 38.5 Å². The summed E-state index contributed by atoms with van der Waals surface area (Å²) in [4.78, 5) is 91.1. The van der Waals surface area contributed by atoms with Gasteiger partial charge in [-0.1, -0.05) is 56.3 Å². The van der Waals surface area contributed by atoms with Crippen LogP contribution in [0.25, 0.3) is 0 Å². The lowest BCUT2D eigenvalue weighted by Gasteiger charge is -2.30. The molecule has 1 saturated carbocycles. The Morgan fingerprint density at radius 1 is 0.833 bits per heavy atom. The molecule has 3 unspecified atom stereocenters. The summed E-state index contributed by atoms with van der Waals surface area (Å²) >= 11 is 0. The highest BCUT2D eigenvalue weighted by Crippen LogP contribution is 2.45. The molecule has 0 radical (unpaired) electrons. The maximum atomic E-state index is 13.5. The fourth-order valence-corrected chi connectivity index (χ4v) is 6.35. The van der Waals surface area contributed by atoms with Gasteiger partial charge < -0.3 is 27.4 Å². The van der Waals surface area contributed by atoms with Gasteiger partial charge in [0.15, 0.2) is 0 Å². The summed E-state index contributed by atoms with van der Waals surface area (Å²) in [5.74, 6) is -5.18. The van der Waals surface area contributed by atoms with E-state index in [0.29, 0.717) is 12.0 Å². The molecule has 13 nitrogen and oxygen atoms in total. The van der Waals surface area contributed by atoms with E-state index in [1.165, 1.54) is 6.92 Å². The minimum atomic E-state index is -1.02. The van der Waals surface area contributed by atoms with E-state index in [1.807, 2.05) is 44.2 Å². The number of benzene rings is 2. The lowest BCUT2D eigenvalue weighted by Crippen LogP contribution is -2.54. The topological polar surface area (TPSA) is 211 Å². The standard InChI is InChI=1S/C35H44N6O7/c1-19(2)15-27(30(37)43)39-33(46)28(16-21-7-5-4-6-8-21)40-32(45)23-11-9-22(10-12-23)25-17-24(42)18-26-29(25)35(48)41(34(26)47)14-13-38-31(44)20(3)36/h4-12,19-20,25-29H,13-18,36H2,1-3H3,(H2,37,43)(H,38,44)(H,39,46)(H,40,45)/t20-,25?,26?,27-,28-,29?/m0/s1. The first-order valence-corrected chi connectivity index (χ1v) is 16.2. The molecule has 4 rings (SSSR count). The van der Waals surface area contributed by atoms with Crippen molar-refractivity contribution in [3.63, 3.8) is 0 Å². The Labute approximate surface area is 279 Å². The van der Waals surface area contributed by atoms with Crippen LogP contribution < -0.4 is 27.4 Å². The molecular formula is C35H44N6O7. The zero-order valence-corrected chi connectivity index (χ0v) is 27.4. The summed E-state index contributed by atoms with van der Waals surface area (Å²) in [6.45, 7) is 5.35. The number of nitrogens with one attached hydrogen (secondary N) is 3. The van der Waals surface area contributed by atoms with Crippen LogP contribution in [0.1, 0.15) is 67.4 Å². The van der Waals surface area contributed by atoms with Gasteiger partial charge in [-0.2, -0.15) is 0 Å². The number of carbonyl (C=O) groups is 7. The quantitative estimate of drug-likeness (QED) is 0.180. The molecule has 2 aliphatic rings. The van der Waals surface area contributed by atoms with Crippen molar-refractivity contribution in [2.45, 2.75) is 70.5 Å². The smallest absolute Gasteiger partial charge is 0.251 e. The molecule has 1 aliphatic carbocycles. The molecular weight excluding hydrogens is 616 g/mol. The van der Waals surface area contributed by atoms with E-state index < -0.39 is 71.3 Å².